The molecule has 1 aliphatic rings. The number of hydrogen-bond acceptors (Lipinski definition) is 3. The summed E-state index contributed by atoms with van der Waals surface area (Å²) in [5.41, 5.74) is 4.74. The van der Waals surface area contributed by atoms with Gasteiger partial charge >= 0.3 is 7.12 Å². The van der Waals surface area contributed by atoms with Crippen molar-refractivity contribution in [1.29, 1.82) is 0 Å². The molecule has 0 aliphatic carbocycles. The minimum absolute atomic E-state index is 0.410. The van der Waals surface area contributed by atoms with E-state index in [1.165, 1.54) is 59.8 Å². The van der Waals surface area contributed by atoms with E-state index in [2.05, 4.69) is 137 Å². The number of rotatable bonds is 3. The van der Waals surface area contributed by atoms with Crippen LogP contribution in [0.25, 0.3) is 65.3 Å². The van der Waals surface area contributed by atoms with Crippen LogP contribution in [0.15, 0.2) is 121 Å². The fourth-order valence-electron chi connectivity index (χ4n) is 6.65. The normalized spacial score (nSPS) is 16.0. The summed E-state index contributed by atoms with van der Waals surface area (Å²) >= 11 is 0. The molecule has 6 aromatic carbocycles. The molecule has 0 amide bonds. The summed E-state index contributed by atoms with van der Waals surface area (Å²) in [6.45, 7) is 8.28. The number of aromatic nitrogens is 1. The molecule has 1 fully saturated rings. The number of benzene rings is 6. The second kappa shape index (κ2) is 9.50. The van der Waals surface area contributed by atoms with E-state index in [-0.39, 0.29) is 0 Å². The summed E-state index contributed by atoms with van der Waals surface area (Å²) < 4.78 is 12.6. The summed E-state index contributed by atoms with van der Waals surface area (Å²) in [5.74, 6) is 0. The third-order valence-electron chi connectivity index (χ3n) is 9.54. The molecule has 0 bridgehead atoms. The highest BCUT2D eigenvalue weighted by Crippen LogP contribution is 2.46. The molecule has 1 aromatic heterocycles. The maximum absolute atomic E-state index is 6.28. The molecule has 4 heteroatoms. The highest BCUT2D eigenvalue weighted by molar-refractivity contribution is 6.61. The van der Waals surface area contributed by atoms with E-state index < -0.39 is 18.3 Å². The summed E-state index contributed by atoms with van der Waals surface area (Å²) in [7, 11) is -0.490. The molecule has 0 unspecified atom stereocenters. The zero-order valence-electron chi connectivity index (χ0n) is 24.9. The van der Waals surface area contributed by atoms with Gasteiger partial charge in [-0.2, -0.15) is 0 Å². The quantitative estimate of drug-likeness (QED) is 0.123. The van der Waals surface area contributed by atoms with Crippen LogP contribution in [-0.2, 0) is 9.31 Å². The standard InChI is InChI=1S/C39H32BNO2/c1-38(2)39(3,4)43-40(42-38)35-22-21-26(24-41-35)36-30-17-9-11-19-32(30)37(33-20-12-10-18-31(33)36)34-23-25-13-5-6-14-27(25)28-15-7-8-16-29(28)34/h5-24H,1-4H3. The monoisotopic (exact) mass is 557 g/mol. The van der Waals surface area contributed by atoms with E-state index in [0.717, 1.165) is 11.2 Å². The molecule has 0 atom stereocenters. The van der Waals surface area contributed by atoms with Gasteiger partial charge in [-0.15, -0.1) is 0 Å². The second-order valence-electron chi connectivity index (χ2n) is 12.6. The van der Waals surface area contributed by atoms with Gasteiger partial charge in [-0.05, 0) is 99.6 Å². The van der Waals surface area contributed by atoms with Crippen molar-refractivity contribution in [3.05, 3.63) is 121 Å². The van der Waals surface area contributed by atoms with Crippen molar-refractivity contribution in [2.45, 2.75) is 38.9 Å². The third-order valence-corrected chi connectivity index (χ3v) is 9.54. The molecular formula is C39H32BNO2. The highest BCUT2D eigenvalue weighted by Gasteiger charge is 2.52. The largest absolute Gasteiger partial charge is 0.514 e. The topological polar surface area (TPSA) is 31.4 Å². The first kappa shape index (κ1) is 26.1. The highest BCUT2D eigenvalue weighted by atomic mass is 16.7. The first-order valence-electron chi connectivity index (χ1n) is 15.0. The third kappa shape index (κ3) is 4.01. The van der Waals surface area contributed by atoms with Crippen LogP contribution in [0.2, 0.25) is 0 Å². The number of nitrogens with zero attached hydrogens (tertiary/aromatic N) is 1. The molecule has 2 heterocycles. The Kier molecular flexibility index (Phi) is 5.78. The van der Waals surface area contributed by atoms with E-state index in [9.17, 15) is 0 Å². The van der Waals surface area contributed by atoms with Crippen LogP contribution in [0.4, 0.5) is 0 Å². The zero-order chi connectivity index (χ0) is 29.3. The van der Waals surface area contributed by atoms with Crippen LogP contribution in [0.1, 0.15) is 27.7 Å². The van der Waals surface area contributed by atoms with Crippen molar-refractivity contribution < 1.29 is 9.31 Å². The van der Waals surface area contributed by atoms with Crippen LogP contribution < -0.4 is 5.59 Å². The molecule has 7 aromatic rings. The Morgan fingerprint density at radius 1 is 0.512 bits per heavy atom. The van der Waals surface area contributed by atoms with Crippen LogP contribution in [-0.4, -0.2) is 23.3 Å². The average molecular weight is 558 g/mol. The molecule has 43 heavy (non-hydrogen) atoms. The SMILES string of the molecule is CC1(C)OB(c2ccc(-c3c4ccccc4c(-c4cc5ccccc5c5ccccc45)c4ccccc34)cn2)OC1(C)C. The fraction of sp³-hybridized carbons (Fsp3) is 0.154. The lowest BCUT2D eigenvalue weighted by Gasteiger charge is -2.32. The maximum Gasteiger partial charge on any atom is 0.514 e. The van der Waals surface area contributed by atoms with Gasteiger partial charge in [0.2, 0.25) is 0 Å². The predicted molar refractivity (Wildman–Crippen MR) is 181 cm³/mol. The van der Waals surface area contributed by atoms with Crippen molar-refractivity contribution in [2.24, 2.45) is 0 Å². The number of fused-ring (bicyclic) bond motifs is 5. The molecule has 8 rings (SSSR count). The van der Waals surface area contributed by atoms with E-state index in [4.69, 9.17) is 14.3 Å². The summed E-state index contributed by atoms with van der Waals surface area (Å²) in [5, 5.41) is 9.93. The molecule has 0 saturated carbocycles. The molecule has 1 aliphatic heterocycles. The molecular weight excluding hydrogens is 525 g/mol. The Hall–Kier alpha value is -4.51. The van der Waals surface area contributed by atoms with Gasteiger partial charge in [0, 0.05) is 11.8 Å². The van der Waals surface area contributed by atoms with Crippen molar-refractivity contribution in [3.8, 4) is 22.3 Å². The number of hydrogen-bond donors (Lipinski definition) is 0. The van der Waals surface area contributed by atoms with Gasteiger partial charge in [0.1, 0.15) is 0 Å². The lowest BCUT2D eigenvalue weighted by Crippen LogP contribution is -2.41. The summed E-state index contributed by atoms with van der Waals surface area (Å²) in [6, 6.07) is 41.6. The zero-order valence-corrected chi connectivity index (χ0v) is 24.9. The van der Waals surface area contributed by atoms with E-state index in [1.807, 2.05) is 12.3 Å². The number of pyridine rings is 1. The van der Waals surface area contributed by atoms with E-state index in [1.54, 1.807) is 0 Å². The van der Waals surface area contributed by atoms with Gasteiger partial charge in [0.25, 0.3) is 0 Å². The summed E-state index contributed by atoms with van der Waals surface area (Å²) in [4.78, 5) is 4.89. The predicted octanol–water partition coefficient (Wildman–Crippen LogP) is 9.33. The Bertz CT molecular complexity index is 2130. The molecule has 3 nitrogen and oxygen atoms in total. The van der Waals surface area contributed by atoms with Crippen LogP contribution >= 0.6 is 0 Å². The van der Waals surface area contributed by atoms with Gasteiger partial charge in [0.15, 0.2) is 0 Å². The Labute approximate surface area is 252 Å². The van der Waals surface area contributed by atoms with Crippen LogP contribution in [0.5, 0.6) is 0 Å². The molecule has 0 radical (unpaired) electrons. The molecule has 0 spiro atoms. The van der Waals surface area contributed by atoms with Crippen molar-refractivity contribution in [1.82, 2.24) is 4.98 Å². The van der Waals surface area contributed by atoms with Crippen molar-refractivity contribution in [2.75, 3.05) is 0 Å². The molecule has 0 N–H and O–H groups in total. The van der Waals surface area contributed by atoms with Gasteiger partial charge in [-0.3, -0.25) is 4.98 Å². The van der Waals surface area contributed by atoms with Gasteiger partial charge < -0.3 is 9.31 Å². The lowest BCUT2D eigenvalue weighted by molar-refractivity contribution is 0.00578. The smallest absolute Gasteiger partial charge is 0.398 e. The first-order valence-corrected chi connectivity index (χ1v) is 15.0. The minimum Gasteiger partial charge on any atom is -0.398 e. The average Bonchev–Trinajstić information content (AvgIpc) is 3.25. The van der Waals surface area contributed by atoms with E-state index >= 15 is 0 Å². The lowest BCUT2D eigenvalue weighted by atomic mass is 9.82. The van der Waals surface area contributed by atoms with Gasteiger partial charge in [0.05, 0.1) is 16.8 Å². The van der Waals surface area contributed by atoms with Gasteiger partial charge in [-0.25, -0.2) is 0 Å². The first-order chi connectivity index (χ1) is 20.8. The maximum atomic E-state index is 6.28. The van der Waals surface area contributed by atoms with Crippen molar-refractivity contribution in [3.63, 3.8) is 0 Å². The second-order valence-corrected chi connectivity index (χ2v) is 12.6. The Balaban J connectivity index is 1.37. The van der Waals surface area contributed by atoms with Gasteiger partial charge in [-0.1, -0.05) is 103 Å². The van der Waals surface area contributed by atoms with Crippen LogP contribution in [0, 0.1) is 0 Å². The van der Waals surface area contributed by atoms with Crippen LogP contribution in [0.3, 0.4) is 0 Å². The Morgan fingerprint density at radius 3 is 1.56 bits per heavy atom. The van der Waals surface area contributed by atoms with E-state index in [0.29, 0.717) is 0 Å². The Morgan fingerprint density at radius 2 is 1.00 bits per heavy atom. The summed E-state index contributed by atoms with van der Waals surface area (Å²) in [6.07, 6.45) is 1.97. The minimum atomic E-state index is -0.490. The molecule has 208 valence electrons. The molecule has 1 saturated heterocycles. The van der Waals surface area contributed by atoms with Crippen molar-refractivity contribution >= 4 is 55.8 Å². The fourth-order valence-corrected chi connectivity index (χ4v) is 6.65.